The SMILES string of the molecule is CC(C)S(=O)(=O)c1cc(C(F)(F)F)cnc1C(=O)N[C@H]1CC[C@H](S(=O)(=O)c2cccc(C(F)(F)F)c2)CC1. The molecule has 38 heavy (non-hydrogen) atoms. The Kier molecular flexibility index (Phi) is 8.23. The lowest BCUT2D eigenvalue weighted by atomic mass is 9.95. The summed E-state index contributed by atoms with van der Waals surface area (Å²) in [6, 6.07) is 3.10. The third kappa shape index (κ3) is 6.30. The molecule has 0 atom stereocenters. The molecule has 1 fully saturated rings. The van der Waals surface area contributed by atoms with Crippen LogP contribution in [0.5, 0.6) is 0 Å². The molecule has 210 valence electrons. The molecule has 1 aromatic carbocycles. The van der Waals surface area contributed by atoms with Gasteiger partial charge in [-0.05, 0) is 63.8 Å². The first-order chi connectivity index (χ1) is 17.3. The van der Waals surface area contributed by atoms with Gasteiger partial charge in [0.1, 0.15) is 5.69 Å². The zero-order chi connectivity index (χ0) is 28.7. The highest BCUT2D eigenvalue weighted by Crippen LogP contribution is 2.35. The predicted octanol–water partition coefficient (Wildman–Crippen LogP) is 4.82. The summed E-state index contributed by atoms with van der Waals surface area (Å²) >= 11 is 0. The molecule has 1 aliphatic carbocycles. The fraction of sp³-hybridized carbons (Fsp3) is 0.478. The Balaban J connectivity index is 1.77. The molecule has 1 heterocycles. The van der Waals surface area contributed by atoms with Crippen LogP contribution in [0.3, 0.4) is 0 Å². The minimum Gasteiger partial charge on any atom is -0.348 e. The molecule has 1 aromatic heterocycles. The fourth-order valence-corrected chi connectivity index (χ4v) is 7.11. The number of rotatable bonds is 6. The molecule has 0 spiro atoms. The van der Waals surface area contributed by atoms with Gasteiger partial charge in [-0.1, -0.05) is 6.07 Å². The Morgan fingerprint density at radius 2 is 1.50 bits per heavy atom. The zero-order valence-corrected chi connectivity index (χ0v) is 21.7. The van der Waals surface area contributed by atoms with E-state index in [1.165, 1.54) is 13.8 Å². The first kappa shape index (κ1) is 29.9. The number of carbonyl (C=O) groups excluding carboxylic acids is 1. The van der Waals surface area contributed by atoms with Crippen LogP contribution in [-0.2, 0) is 32.0 Å². The second-order valence-electron chi connectivity index (χ2n) is 9.18. The number of hydrogen-bond acceptors (Lipinski definition) is 6. The molecule has 1 N–H and O–H groups in total. The van der Waals surface area contributed by atoms with Gasteiger partial charge in [-0.25, -0.2) is 21.8 Å². The number of hydrogen-bond donors (Lipinski definition) is 1. The third-order valence-corrected chi connectivity index (χ3v) is 10.7. The van der Waals surface area contributed by atoms with Crippen LogP contribution in [0.25, 0.3) is 0 Å². The Bertz CT molecular complexity index is 1410. The summed E-state index contributed by atoms with van der Waals surface area (Å²) in [4.78, 5) is 15.0. The monoisotopic (exact) mass is 586 g/mol. The van der Waals surface area contributed by atoms with Crippen LogP contribution in [0.2, 0.25) is 0 Å². The number of amides is 1. The van der Waals surface area contributed by atoms with Crippen LogP contribution in [0.1, 0.15) is 61.1 Å². The molecule has 15 heteroatoms. The van der Waals surface area contributed by atoms with E-state index in [1.54, 1.807) is 0 Å². The summed E-state index contributed by atoms with van der Waals surface area (Å²) in [5.41, 5.74) is -3.16. The number of alkyl halides is 6. The molecule has 3 rings (SSSR count). The van der Waals surface area contributed by atoms with Crippen molar-refractivity contribution in [3.8, 4) is 0 Å². The van der Waals surface area contributed by atoms with Crippen molar-refractivity contribution >= 4 is 25.6 Å². The van der Waals surface area contributed by atoms with E-state index in [0.29, 0.717) is 18.3 Å². The summed E-state index contributed by atoms with van der Waals surface area (Å²) in [6.45, 7) is 2.48. The van der Waals surface area contributed by atoms with Gasteiger partial charge in [0, 0.05) is 12.2 Å². The van der Waals surface area contributed by atoms with Crippen LogP contribution in [-0.4, -0.2) is 44.3 Å². The molecule has 0 aliphatic heterocycles. The second-order valence-corrected chi connectivity index (χ2v) is 13.9. The molecule has 1 amide bonds. The van der Waals surface area contributed by atoms with Gasteiger partial charge in [-0.15, -0.1) is 0 Å². The summed E-state index contributed by atoms with van der Waals surface area (Å²) in [6.07, 6.45) is -9.12. The van der Waals surface area contributed by atoms with E-state index in [4.69, 9.17) is 0 Å². The van der Waals surface area contributed by atoms with Crippen LogP contribution in [0, 0.1) is 0 Å². The van der Waals surface area contributed by atoms with Gasteiger partial charge in [-0.2, -0.15) is 26.3 Å². The molecule has 1 saturated carbocycles. The average molecular weight is 587 g/mol. The van der Waals surface area contributed by atoms with Crippen LogP contribution in [0.4, 0.5) is 26.3 Å². The number of halogens is 6. The lowest BCUT2D eigenvalue weighted by Gasteiger charge is -2.29. The van der Waals surface area contributed by atoms with Crippen molar-refractivity contribution in [1.82, 2.24) is 10.3 Å². The zero-order valence-electron chi connectivity index (χ0n) is 20.1. The normalized spacial score (nSPS) is 19.4. The van der Waals surface area contributed by atoms with Crippen molar-refractivity contribution in [2.75, 3.05) is 0 Å². The Morgan fingerprint density at radius 1 is 0.921 bits per heavy atom. The Morgan fingerprint density at radius 3 is 2.03 bits per heavy atom. The van der Waals surface area contributed by atoms with Crippen LogP contribution < -0.4 is 5.32 Å². The molecule has 0 bridgehead atoms. The molecule has 0 unspecified atom stereocenters. The van der Waals surface area contributed by atoms with Crippen molar-refractivity contribution in [3.05, 3.63) is 53.3 Å². The van der Waals surface area contributed by atoms with E-state index in [2.05, 4.69) is 10.3 Å². The van der Waals surface area contributed by atoms with E-state index >= 15 is 0 Å². The number of nitrogens with zero attached hydrogens (tertiary/aromatic N) is 1. The van der Waals surface area contributed by atoms with Crippen molar-refractivity contribution in [2.45, 2.75) is 78.2 Å². The van der Waals surface area contributed by atoms with Crippen LogP contribution in [0.15, 0.2) is 46.3 Å². The van der Waals surface area contributed by atoms with Gasteiger partial charge < -0.3 is 5.32 Å². The summed E-state index contributed by atoms with van der Waals surface area (Å²) in [5, 5.41) is 0.338. The lowest BCUT2D eigenvalue weighted by molar-refractivity contribution is -0.138. The number of aromatic nitrogens is 1. The molecule has 1 aliphatic rings. The summed E-state index contributed by atoms with van der Waals surface area (Å²) in [7, 11) is -8.45. The highest BCUT2D eigenvalue weighted by Gasteiger charge is 2.38. The van der Waals surface area contributed by atoms with Gasteiger partial charge in [0.05, 0.1) is 31.4 Å². The molecule has 2 aromatic rings. The van der Waals surface area contributed by atoms with Crippen molar-refractivity contribution in [2.24, 2.45) is 0 Å². The fourth-order valence-electron chi connectivity index (χ4n) is 4.05. The topological polar surface area (TPSA) is 110 Å². The van der Waals surface area contributed by atoms with Crippen molar-refractivity contribution in [1.29, 1.82) is 0 Å². The number of nitrogens with one attached hydrogen (secondary N) is 1. The molecule has 7 nitrogen and oxygen atoms in total. The maximum absolute atomic E-state index is 13.2. The minimum atomic E-state index is -4.90. The highest BCUT2D eigenvalue weighted by atomic mass is 32.2. The van der Waals surface area contributed by atoms with Crippen molar-refractivity contribution in [3.63, 3.8) is 0 Å². The highest BCUT2D eigenvalue weighted by molar-refractivity contribution is 7.92. The Hall–Kier alpha value is -2.68. The second kappa shape index (κ2) is 10.5. The smallest absolute Gasteiger partial charge is 0.348 e. The summed E-state index contributed by atoms with van der Waals surface area (Å²) < 4.78 is 130. The van der Waals surface area contributed by atoms with E-state index in [0.717, 1.165) is 18.2 Å². The third-order valence-electron chi connectivity index (χ3n) is 6.26. The molecule has 0 saturated heterocycles. The lowest BCUT2D eigenvalue weighted by Crippen LogP contribution is -2.41. The van der Waals surface area contributed by atoms with Gasteiger partial charge in [0.25, 0.3) is 5.91 Å². The maximum Gasteiger partial charge on any atom is 0.417 e. The largest absolute Gasteiger partial charge is 0.417 e. The molecule has 0 radical (unpaired) electrons. The van der Waals surface area contributed by atoms with Gasteiger partial charge in [0.15, 0.2) is 19.7 Å². The van der Waals surface area contributed by atoms with Crippen LogP contribution >= 0.6 is 0 Å². The number of benzene rings is 1. The minimum absolute atomic E-state index is 0.0128. The maximum atomic E-state index is 13.2. The number of pyridine rings is 1. The number of carbonyl (C=O) groups is 1. The first-order valence-corrected chi connectivity index (χ1v) is 14.5. The Labute approximate surface area is 215 Å². The first-order valence-electron chi connectivity index (χ1n) is 11.4. The molecular weight excluding hydrogens is 562 g/mol. The van der Waals surface area contributed by atoms with Gasteiger partial charge in [-0.3, -0.25) is 4.79 Å². The van der Waals surface area contributed by atoms with E-state index in [9.17, 15) is 48.0 Å². The van der Waals surface area contributed by atoms with Gasteiger partial charge >= 0.3 is 12.4 Å². The van der Waals surface area contributed by atoms with E-state index in [-0.39, 0.29) is 25.7 Å². The average Bonchev–Trinajstić information content (AvgIpc) is 2.83. The number of sulfone groups is 2. The van der Waals surface area contributed by atoms with E-state index < -0.39 is 81.1 Å². The quantitative estimate of drug-likeness (QED) is 0.487. The standard InChI is InChI=1S/C23H24F6N2O5S2/c1-13(2)37(33,34)19-11-15(23(27,28)29)12-30-20(19)21(32)31-16-6-8-17(9-7-16)38(35,36)18-5-3-4-14(10-18)22(24,25)26/h3-5,10-13,16-17H,6-9H2,1-2H3,(H,31,32)/t16-,17-. The molecular formula is C23H24F6N2O5S2. The van der Waals surface area contributed by atoms with E-state index in [1.807, 2.05) is 0 Å². The van der Waals surface area contributed by atoms with Crippen molar-refractivity contribution < 1.29 is 48.0 Å². The summed E-state index contributed by atoms with van der Waals surface area (Å²) in [5.74, 6) is -1.04. The predicted molar refractivity (Wildman–Crippen MR) is 124 cm³/mol. The van der Waals surface area contributed by atoms with Gasteiger partial charge in [0.2, 0.25) is 0 Å².